The SMILES string of the molecule is CC/C=C\C/C=C\C/C=C\C/C=C\C/C=C\C/C=C\CCC(=O)NCCOCCOCCNC(=O)c1c[n+]([O-])c(C)cn1. The molecule has 9 heteroatoms. The first-order valence-corrected chi connectivity index (χ1v) is 15.2. The molecule has 0 spiro atoms. The minimum atomic E-state index is -0.430. The minimum absolute atomic E-state index is 0.000636. The third-order valence-corrected chi connectivity index (χ3v) is 5.82. The fourth-order valence-corrected chi connectivity index (χ4v) is 3.44. The number of aromatic nitrogens is 2. The number of nitrogens with one attached hydrogen (secondary N) is 2. The van der Waals surface area contributed by atoms with Gasteiger partial charge in [-0.05, 0) is 44.9 Å². The average Bonchev–Trinajstić information content (AvgIpc) is 3.00. The average molecular weight is 595 g/mol. The highest BCUT2D eigenvalue weighted by atomic mass is 16.5. The van der Waals surface area contributed by atoms with Crippen molar-refractivity contribution in [2.75, 3.05) is 39.5 Å². The predicted molar refractivity (Wildman–Crippen MR) is 172 cm³/mol. The molecule has 0 aliphatic rings. The number of carbonyl (C=O) groups excluding carboxylic acids is 2. The highest BCUT2D eigenvalue weighted by molar-refractivity contribution is 5.91. The maximum atomic E-state index is 11.9. The van der Waals surface area contributed by atoms with Crippen LogP contribution >= 0.6 is 0 Å². The van der Waals surface area contributed by atoms with Crippen molar-refractivity contribution in [3.05, 3.63) is 102 Å². The monoisotopic (exact) mass is 594 g/mol. The lowest BCUT2D eigenvalue weighted by Gasteiger charge is -2.08. The fraction of sp³-hybridized carbons (Fsp3) is 0.471. The Bertz CT molecular complexity index is 1080. The topological polar surface area (TPSA) is 116 Å². The van der Waals surface area contributed by atoms with E-state index >= 15 is 0 Å². The first kappa shape index (κ1) is 37.2. The molecule has 1 aromatic rings. The van der Waals surface area contributed by atoms with Crippen LogP contribution in [0.5, 0.6) is 0 Å². The van der Waals surface area contributed by atoms with Crippen LogP contribution in [0.1, 0.15) is 74.5 Å². The lowest BCUT2D eigenvalue weighted by molar-refractivity contribution is -0.613. The normalized spacial score (nSPS) is 12.2. The third kappa shape index (κ3) is 22.5. The standard InChI is InChI=1S/C34H50N4O5/c1-3-4-5-6-7-8-9-10-11-12-13-14-15-16-17-18-19-20-21-22-33(39)35-23-25-42-27-28-43-26-24-36-34(40)32-30-38(41)31(2)29-37-32/h4-5,7-8,10-11,13-14,16-17,19-20,29-30H,3,6,9,12,15,18,21-28H2,1-2H3,(H,35,39)(H,36,40)/b5-4-,8-7-,11-10-,14-13-,17-16-,20-19-. The molecule has 1 aromatic heterocycles. The van der Waals surface area contributed by atoms with Crippen LogP contribution in [0.15, 0.2) is 85.3 Å². The molecular formula is C34H50N4O5. The van der Waals surface area contributed by atoms with Crippen LogP contribution in [0.25, 0.3) is 0 Å². The van der Waals surface area contributed by atoms with Gasteiger partial charge in [-0.25, -0.2) is 4.98 Å². The Hall–Kier alpha value is -3.82. The Labute approximate surface area is 257 Å². The summed E-state index contributed by atoms with van der Waals surface area (Å²) in [6, 6.07) is 0. The first-order valence-electron chi connectivity index (χ1n) is 15.2. The van der Waals surface area contributed by atoms with Gasteiger partial charge in [0.2, 0.25) is 17.8 Å². The van der Waals surface area contributed by atoms with E-state index in [4.69, 9.17) is 9.47 Å². The third-order valence-electron chi connectivity index (χ3n) is 5.82. The molecule has 0 aliphatic heterocycles. The van der Waals surface area contributed by atoms with Gasteiger partial charge in [-0.2, -0.15) is 4.73 Å². The highest BCUT2D eigenvalue weighted by Crippen LogP contribution is 1.98. The maximum Gasteiger partial charge on any atom is 0.276 e. The van der Waals surface area contributed by atoms with Crippen LogP contribution in [0, 0.1) is 12.1 Å². The summed E-state index contributed by atoms with van der Waals surface area (Å²) < 4.78 is 11.4. The summed E-state index contributed by atoms with van der Waals surface area (Å²) in [5.74, 6) is -0.429. The summed E-state index contributed by atoms with van der Waals surface area (Å²) in [7, 11) is 0. The van der Waals surface area contributed by atoms with Crippen LogP contribution < -0.4 is 15.4 Å². The van der Waals surface area contributed by atoms with Crippen molar-refractivity contribution >= 4 is 11.8 Å². The number of nitrogens with zero attached hydrogens (tertiary/aromatic N) is 2. The van der Waals surface area contributed by atoms with E-state index in [1.54, 1.807) is 6.92 Å². The van der Waals surface area contributed by atoms with Crippen molar-refractivity contribution in [2.45, 2.75) is 65.2 Å². The van der Waals surface area contributed by atoms with E-state index < -0.39 is 5.91 Å². The molecule has 1 heterocycles. The number of allylic oxidation sites excluding steroid dienone is 12. The zero-order valence-electron chi connectivity index (χ0n) is 25.9. The van der Waals surface area contributed by atoms with Crippen molar-refractivity contribution in [3.63, 3.8) is 0 Å². The second-order valence-corrected chi connectivity index (χ2v) is 9.52. The van der Waals surface area contributed by atoms with E-state index in [1.807, 2.05) is 6.08 Å². The Morgan fingerprint density at radius 2 is 1.26 bits per heavy atom. The molecule has 0 saturated carbocycles. The van der Waals surface area contributed by atoms with Crippen LogP contribution in [0.2, 0.25) is 0 Å². The molecule has 0 aliphatic carbocycles. The van der Waals surface area contributed by atoms with E-state index in [0.717, 1.165) is 44.7 Å². The number of aryl methyl sites for hydroxylation is 1. The zero-order chi connectivity index (χ0) is 31.2. The molecule has 0 fully saturated rings. The largest absolute Gasteiger partial charge is 0.618 e. The Morgan fingerprint density at radius 3 is 1.77 bits per heavy atom. The van der Waals surface area contributed by atoms with Crippen molar-refractivity contribution in [1.29, 1.82) is 0 Å². The lowest BCUT2D eigenvalue weighted by atomic mass is 10.2. The molecule has 2 amide bonds. The van der Waals surface area contributed by atoms with Gasteiger partial charge in [-0.3, -0.25) is 9.59 Å². The number of ether oxygens (including phenoxy) is 2. The molecule has 2 N–H and O–H groups in total. The van der Waals surface area contributed by atoms with Gasteiger partial charge in [-0.15, -0.1) is 0 Å². The van der Waals surface area contributed by atoms with Crippen LogP contribution in [-0.4, -0.2) is 56.3 Å². The number of hydrogen-bond acceptors (Lipinski definition) is 6. The van der Waals surface area contributed by atoms with Crippen LogP contribution in [0.4, 0.5) is 0 Å². The zero-order valence-corrected chi connectivity index (χ0v) is 25.9. The molecule has 0 atom stereocenters. The van der Waals surface area contributed by atoms with E-state index in [1.165, 1.54) is 6.20 Å². The number of hydrogen-bond donors (Lipinski definition) is 2. The summed E-state index contributed by atoms with van der Waals surface area (Å²) in [5, 5.41) is 17.0. The van der Waals surface area contributed by atoms with Crippen LogP contribution in [0.3, 0.4) is 0 Å². The summed E-state index contributed by atoms with van der Waals surface area (Å²) in [6.07, 6.45) is 35.4. The Kier molecular flexibility index (Phi) is 23.4. The van der Waals surface area contributed by atoms with Gasteiger partial charge < -0.3 is 25.3 Å². The van der Waals surface area contributed by atoms with E-state index in [-0.39, 0.29) is 11.6 Å². The summed E-state index contributed by atoms with van der Waals surface area (Å²) in [6.45, 7) is 5.97. The van der Waals surface area contributed by atoms with Crippen molar-refractivity contribution in [1.82, 2.24) is 15.6 Å². The molecular weight excluding hydrogens is 544 g/mol. The molecule has 0 saturated heterocycles. The van der Waals surface area contributed by atoms with Crippen LogP contribution in [-0.2, 0) is 14.3 Å². The van der Waals surface area contributed by atoms with Gasteiger partial charge in [0, 0.05) is 26.4 Å². The Morgan fingerprint density at radius 1 is 0.767 bits per heavy atom. The summed E-state index contributed by atoms with van der Waals surface area (Å²) in [5.41, 5.74) is 0.476. The molecule has 236 valence electrons. The van der Waals surface area contributed by atoms with Gasteiger partial charge in [0.1, 0.15) is 0 Å². The fourth-order valence-electron chi connectivity index (χ4n) is 3.44. The van der Waals surface area contributed by atoms with Gasteiger partial charge in [-0.1, -0.05) is 79.8 Å². The predicted octanol–water partition coefficient (Wildman–Crippen LogP) is 5.38. The second-order valence-electron chi connectivity index (χ2n) is 9.52. The maximum absolute atomic E-state index is 11.9. The van der Waals surface area contributed by atoms with Crippen molar-refractivity contribution < 1.29 is 23.8 Å². The van der Waals surface area contributed by atoms with Gasteiger partial charge in [0.15, 0.2) is 5.69 Å². The number of carbonyl (C=O) groups is 2. The first-order chi connectivity index (χ1) is 21.0. The van der Waals surface area contributed by atoms with Gasteiger partial charge in [0.25, 0.3) is 5.91 Å². The van der Waals surface area contributed by atoms with Crippen molar-refractivity contribution in [2.24, 2.45) is 0 Å². The number of amides is 2. The van der Waals surface area contributed by atoms with E-state index in [0.29, 0.717) is 62.8 Å². The molecule has 43 heavy (non-hydrogen) atoms. The van der Waals surface area contributed by atoms with Gasteiger partial charge in [0.05, 0.1) is 32.6 Å². The lowest BCUT2D eigenvalue weighted by Crippen LogP contribution is -2.35. The highest BCUT2D eigenvalue weighted by Gasteiger charge is 2.11. The summed E-state index contributed by atoms with van der Waals surface area (Å²) in [4.78, 5) is 27.8. The molecule has 0 radical (unpaired) electrons. The quantitative estimate of drug-likeness (QED) is 0.0719. The number of rotatable bonds is 24. The molecule has 1 rings (SSSR count). The molecule has 0 bridgehead atoms. The van der Waals surface area contributed by atoms with E-state index in [2.05, 4.69) is 89.4 Å². The van der Waals surface area contributed by atoms with Gasteiger partial charge >= 0.3 is 0 Å². The minimum Gasteiger partial charge on any atom is -0.618 e. The van der Waals surface area contributed by atoms with Crippen molar-refractivity contribution in [3.8, 4) is 0 Å². The molecule has 9 nitrogen and oxygen atoms in total. The molecule has 0 aromatic carbocycles. The second kappa shape index (κ2) is 27.0. The smallest absolute Gasteiger partial charge is 0.276 e. The van der Waals surface area contributed by atoms with E-state index in [9.17, 15) is 14.8 Å². The summed E-state index contributed by atoms with van der Waals surface area (Å²) >= 11 is 0. The Balaban J connectivity index is 1.90. The molecule has 0 unspecified atom stereocenters.